The van der Waals surface area contributed by atoms with E-state index in [4.69, 9.17) is 47.4 Å². The van der Waals surface area contributed by atoms with Crippen molar-refractivity contribution >= 4 is 0 Å². The molecule has 0 amide bonds. The molecule has 0 saturated carbocycles. The van der Waals surface area contributed by atoms with Crippen molar-refractivity contribution in [2.24, 2.45) is 0 Å². The number of aliphatic hydroxyl groups is 1. The first-order chi connectivity index (χ1) is 36.6. The fourth-order valence-electron chi connectivity index (χ4n) is 9.64. The van der Waals surface area contributed by atoms with Crippen LogP contribution in [0, 0.1) is 0 Å². The zero-order valence-corrected chi connectivity index (χ0v) is 44.1. The molecule has 10 atom stereocenters. The van der Waals surface area contributed by atoms with Crippen LogP contribution >= 0.6 is 0 Å². The highest BCUT2D eigenvalue weighted by Gasteiger charge is 2.54. The summed E-state index contributed by atoms with van der Waals surface area (Å²) in [6.07, 6.45) is 4.93. The molecule has 7 rings (SSSR count). The minimum atomic E-state index is -1.38. The van der Waals surface area contributed by atoms with Gasteiger partial charge in [0.25, 0.3) is 0 Å². The molecular weight excluding hydrogens is 933 g/mol. The third-order valence-corrected chi connectivity index (χ3v) is 13.8. The molecular formula is C63H84O11. The van der Waals surface area contributed by atoms with E-state index in [9.17, 15) is 5.11 Å². The Balaban J connectivity index is 1.25. The fraction of sp³-hybridized carbons (Fsp3) is 0.524. The zero-order chi connectivity index (χ0) is 51.3. The molecule has 402 valence electrons. The second-order valence-electron chi connectivity index (χ2n) is 19.7. The van der Waals surface area contributed by atoms with E-state index in [1.165, 1.54) is 38.5 Å². The topological polar surface area (TPSA) is 113 Å². The molecule has 2 aliphatic rings. The largest absolute Gasteiger partial charge is 0.374 e. The van der Waals surface area contributed by atoms with Crippen LogP contribution in [0.2, 0.25) is 0 Å². The number of hydrogen-bond donors (Lipinski definition) is 1. The minimum Gasteiger partial charge on any atom is -0.374 e. The Hall–Kier alpha value is -4.34. The minimum absolute atomic E-state index is 0.0705. The summed E-state index contributed by atoms with van der Waals surface area (Å²) in [4.78, 5) is 0. The van der Waals surface area contributed by atoms with Gasteiger partial charge in [-0.15, -0.1) is 0 Å². The van der Waals surface area contributed by atoms with Crippen LogP contribution in [-0.4, -0.2) is 92.9 Å². The summed E-state index contributed by atoms with van der Waals surface area (Å²) in [5.74, 6) is 0. The number of benzene rings is 5. The van der Waals surface area contributed by atoms with Crippen LogP contribution in [-0.2, 0) is 80.4 Å². The van der Waals surface area contributed by atoms with Gasteiger partial charge in [-0.25, -0.2) is 0 Å². The first kappa shape index (κ1) is 57.4. The summed E-state index contributed by atoms with van der Waals surface area (Å²) < 4.78 is 69.0. The van der Waals surface area contributed by atoms with Crippen LogP contribution in [0.15, 0.2) is 152 Å². The molecule has 5 aromatic rings. The Morgan fingerprint density at radius 3 is 1.15 bits per heavy atom. The summed E-state index contributed by atoms with van der Waals surface area (Å²) in [6, 6.07) is 50.1. The van der Waals surface area contributed by atoms with Gasteiger partial charge in [0.2, 0.25) is 0 Å². The molecule has 5 aromatic carbocycles. The van der Waals surface area contributed by atoms with Gasteiger partial charge in [0, 0.05) is 13.2 Å². The first-order valence-corrected chi connectivity index (χ1v) is 27.7. The monoisotopic (exact) mass is 1020 g/mol. The van der Waals surface area contributed by atoms with Gasteiger partial charge in [-0.1, -0.05) is 230 Å². The fourth-order valence-corrected chi connectivity index (χ4v) is 9.64. The van der Waals surface area contributed by atoms with Crippen molar-refractivity contribution in [3.05, 3.63) is 179 Å². The SMILES string of the molecule is CCCCCCCCO[C@H]1[C@@H](OCCCCCCCC)[C@@H](COCc2ccccc2)O[C@@H](O[C@H]2[C@H](OCc3ccccc3)[C@@H](OCc3ccccc3)[C@H](O)O[C@@H]2COCc2ccccc2)[C@@H]1OCc1ccccc1. The van der Waals surface area contributed by atoms with Crippen molar-refractivity contribution in [2.75, 3.05) is 26.4 Å². The number of rotatable bonds is 35. The molecule has 11 heteroatoms. The molecule has 0 aliphatic carbocycles. The van der Waals surface area contributed by atoms with Gasteiger partial charge in [-0.05, 0) is 40.7 Å². The maximum absolute atomic E-state index is 12.0. The first-order valence-electron chi connectivity index (χ1n) is 27.7. The van der Waals surface area contributed by atoms with E-state index >= 15 is 0 Å². The highest BCUT2D eigenvalue weighted by atomic mass is 16.8. The van der Waals surface area contributed by atoms with Crippen molar-refractivity contribution in [2.45, 2.75) is 185 Å². The zero-order valence-electron chi connectivity index (χ0n) is 44.1. The normalized spacial score (nSPS) is 24.0. The van der Waals surface area contributed by atoms with Gasteiger partial charge >= 0.3 is 0 Å². The number of unbranched alkanes of at least 4 members (excludes halogenated alkanes) is 10. The Morgan fingerprint density at radius 1 is 0.351 bits per heavy atom. The summed E-state index contributed by atoms with van der Waals surface area (Å²) in [5.41, 5.74) is 4.94. The molecule has 11 nitrogen and oxygen atoms in total. The predicted molar refractivity (Wildman–Crippen MR) is 288 cm³/mol. The van der Waals surface area contributed by atoms with Crippen LogP contribution < -0.4 is 0 Å². The van der Waals surface area contributed by atoms with Crippen molar-refractivity contribution in [1.82, 2.24) is 0 Å². The van der Waals surface area contributed by atoms with E-state index < -0.39 is 61.4 Å². The van der Waals surface area contributed by atoms with E-state index in [0.717, 1.165) is 66.3 Å². The van der Waals surface area contributed by atoms with Crippen LogP contribution in [0.25, 0.3) is 0 Å². The lowest BCUT2D eigenvalue weighted by atomic mass is 9.95. The summed E-state index contributed by atoms with van der Waals surface area (Å²) in [7, 11) is 0. The third kappa shape index (κ3) is 19.3. The number of hydrogen-bond acceptors (Lipinski definition) is 11. The molecule has 0 radical (unpaired) electrons. The van der Waals surface area contributed by atoms with Gasteiger partial charge in [-0.2, -0.15) is 0 Å². The smallest absolute Gasteiger partial charge is 0.187 e. The van der Waals surface area contributed by atoms with Gasteiger partial charge in [0.15, 0.2) is 12.6 Å². The predicted octanol–water partition coefficient (Wildman–Crippen LogP) is 12.5. The third-order valence-electron chi connectivity index (χ3n) is 13.8. The second kappa shape index (κ2) is 33.6. The molecule has 0 aromatic heterocycles. The maximum atomic E-state index is 12.0. The number of aliphatic hydroxyl groups excluding tert-OH is 1. The van der Waals surface area contributed by atoms with E-state index in [1.54, 1.807) is 0 Å². The van der Waals surface area contributed by atoms with Crippen molar-refractivity contribution in [3.8, 4) is 0 Å². The molecule has 74 heavy (non-hydrogen) atoms. The Bertz CT molecular complexity index is 2150. The van der Waals surface area contributed by atoms with Crippen LogP contribution in [0.1, 0.15) is 119 Å². The van der Waals surface area contributed by atoms with Gasteiger partial charge in [0.1, 0.15) is 48.8 Å². The lowest BCUT2D eigenvalue weighted by Crippen LogP contribution is -2.66. The average molecular weight is 1020 g/mol. The van der Waals surface area contributed by atoms with Crippen LogP contribution in [0.5, 0.6) is 0 Å². The molecule has 0 unspecified atom stereocenters. The molecule has 2 aliphatic heterocycles. The Morgan fingerprint density at radius 2 is 0.703 bits per heavy atom. The molecule has 0 spiro atoms. The second-order valence-corrected chi connectivity index (χ2v) is 19.7. The molecule has 2 heterocycles. The molecule has 1 N–H and O–H groups in total. The summed E-state index contributed by atoms with van der Waals surface area (Å²) in [5, 5.41) is 12.0. The lowest BCUT2D eigenvalue weighted by Gasteiger charge is -2.49. The van der Waals surface area contributed by atoms with Crippen molar-refractivity contribution < 1.29 is 52.5 Å². The average Bonchev–Trinajstić information content (AvgIpc) is 3.44. The van der Waals surface area contributed by atoms with E-state index in [-0.39, 0.29) is 33.0 Å². The standard InChI is InChI=1S/C63H84O11/c1-3-5-7-9-11-28-40-67-56-54(47-65-42-49-30-18-13-19-31-49)73-63(61(71-46-53-38-26-17-27-39-53)58(56)68-41-29-12-10-8-6-4-2)74-57-55(48-66-43-50-32-20-14-21-33-50)72-62(64)60(70-45-52-36-24-16-25-37-52)59(57)69-44-51-34-22-15-23-35-51/h13-27,30-39,54-64H,3-12,28-29,40-48H2,1-2H3/t54-,55-,56+,57-,58+,59+,60-,61-,62-,63+/m1/s1. The number of ether oxygens (including phenoxy) is 10. The highest BCUT2D eigenvalue weighted by molar-refractivity contribution is 5.17. The molecule has 2 saturated heterocycles. The van der Waals surface area contributed by atoms with Crippen LogP contribution in [0.3, 0.4) is 0 Å². The van der Waals surface area contributed by atoms with Gasteiger partial charge in [-0.3, -0.25) is 0 Å². The molecule has 0 bridgehead atoms. The van der Waals surface area contributed by atoms with Crippen molar-refractivity contribution in [1.29, 1.82) is 0 Å². The maximum Gasteiger partial charge on any atom is 0.187 e. The summed E-state index contributed by atoms with van der Waals surface area (Å²) in [6.45, 7) is 7.20. The quantitative estimate of drug-likeness (QED) is 0.0392. The van der Waals surface area contributed by atoms with E-state index in [1.807, 2.05) is 127 Å². The van der Waals surface area contributed by atoms with Crippen LogP contribution in [0.4, 0.5) is 0 Å². The van der Waals surface area contributed by atoms with Crippen molar-refractivity contribution in [3.63, 3.8) is 0 Å². The van der Waals surface area contributed by atoms with E-state index in [0.29, 0.717) is 26.4 Å². The van der Waals surface area contributed by atoms with E-state index in [2.05, 4.69) is 38.1 Å². The Kier molecular flexibility index (Phi) is 26.1. The Labute approximate surface area is 442 Å². The van der Waals surface area contributed by atoms with Gasteiger partial charge < -0.3 is 52.5 Å². The lowest BCUT2D eigenvalue weighted by molar-refractivity contribution is -0.373. The van der Waals surface area contributed by atoms with Gasteiger partial charge in [0.05, 0.1) is 46.2 Å². The summed E-state index contributed by atoms with van der Waals surface area (Å²) >= 11 is 0. The molecule has 2 fully saturated rings. The highest BCUT2D eigenvalue weighted by Crippen LogP contribution is 2.36.